The van der Waals surface area contributed by atoms with Crippen molar-refractivity contribution in [1.29, 1.82) is 0 Å². The van der Waals surface area contributed by atoms with E-state index in [4.69, 9.17) is 0 Å². The average molecular weight is 225 g/mol. The lowest BCUT2D eigenvalue weighted by molar-refractivity contribution is 0.235. The van der Waals surface area contributed by atoms with Crippen molar-refractivity contribution in [2.24, 2.45) is 11.8 Å². The van der Waals surface area contributed by atoms with E-state index in [1.807, 2.05) is 0 Å². The molecule has 0 aromatic heterocycles. The van der Waals surface area contributed by atoms with Crippen LogP contribution in [0.1, 0.15) is 65.7 Å². The number of unbranched alkanes of at least 4 members (excludes halogenated alkanes) is 4. The van der Waals surface area contributed by atoms with Gasteiger partial charge in [-0.25, -0.2) is 0 Å². The molecule has 0 N–H and O–H groups in total. The molecule has 1 heteroatoms. The Kier molecular flexibility index (Phi) is 7.11. The van der Waals surface area contributed by atoms with Gasteiger partial charge >= 0.3 is 0 Å². The normalized spacial score (nSPS) is 27.9. The molecule has 0 saturated carbocycles. The van der Waals surface area contributed by atoms with Crippen LogP contribution in [0.4, 0.5) is 0 Å². The molecule has 0 amide bonds. The summed E-state index contributed by atoms with van der Waals surface area (Å²) in [4.78, 5) is 2.71. The minimum Gasteiger partial charge on any atom is -0.303 e. The van der Waals surface area contributed by atoms with Gasteiger partial charge in [-0.2, -0.15) is 0 Å². The summed E-state index contributed by atoms with van der Waals surface area (Å²) in [5.41, 5.74) is 0. The van der Waals surface area contributed by atoms with E-state index < -0.39 is 0 Å². The molecule has 2 atom stereocenters. The molecular formula is C15H31N. The monoisotopic (exact) mass is 225 g/mol. The first kappa shape index (κ1) is 14.0. The van der Waals surface area contributed by atoms with Crippen molar-refractivity contribution in [2.45, 2.75) is 65.7 Å². The summed E-state index contributed by atoms with van der Waals surface area (Å²) in [5.74, 6) is 1.84. The summed E-state index contributed by atoms with van der Waals surface area (Å²) in [6, 6.07) is 0. The number of nitrogens with zero attached hydrogens (tertiary/aromatic N) is 1. The SMILES string of the molecule is CCCCCCCN1CCCC(C)C(C)C1. The van der Waals surface area contributed by atoms with E-state index >= 15 is 0 Å². The van der Waals surface area contributed by atoms with Crippen LogP contribution in [-0.4, -0.2) is 24.5 Å². The highest BCUT2D eigenvalue weighted by molar-refractivity contribution is 4.72. The summed E-state index contributed by atoms with van der Waals surface area (Å²) >= 11 is 0. The molecule has 1 heterocycles. The van der Waals surface area contributed by atoms with Crippen molar-refractivity contribution < 1.29 is 0 Å². The molecule has 0 aliphatic carbocycles. The molecule has 1 aliphatic heterocycles. The van der Waals surface area contributed by atoms with Crippen LogP contribution < -0.4 is 0 Å². The summed E-state index contributed by atoms with van der Waals surface area (Å²) in [7, 11) is 0. The third-order valence-corrected chi connectivity index (χ3v) is 4.23. The van der Waals surface area contributed by atoms with Crippen molar-refractivity contribution in [1.82, 2.24) is 4.90 Å². The van der Waals surface area contributed by atoms with Gasteiger partial charge in [0.25, 0.3) is 0 Å². The number of likely N-dealkylation sites (tertiary alicyclic amines) is 1. The smallest absolute Gasteiger partial charge is 0.000956 e. The maximum absolute atomic E-state index is 2.71. The van der Waals surface area contributed by atoms with Crippen molar-refractivity contribution in [3.8, 4) is 0 Å². The summed E-state index contributed by atoms with van der Waals surface area (Å²) in [6.45, 7) is 11.2. The van der Waals surface area contributed by atoms with E-state index in [0.717, 1.165) is 11.8 Å². The molecule has 2 unspecified atom stereocenters. The molecular weight excluding hydrogens is 194 g/mol. The summed E-state index contributed by atoms with van der Waals surface area (Å²) in [6.07, 6.45) is 9.94. The second kappa shape index (κ2) is 8.11. The highest BCUT2D eigenvalue weighted by Gasteiger charge is 2.19. The van der Waals surface area contributed by atoms with Crippen molar-refractivity contribution in [3.05, 3.63) is 0 Å². The van der Waals surface area contributed by atoms with Crippen LogP contribution in [0.25, 0.3) is 0 Å². The molecule has 0 aromatic carbocycles. The largest absolute Gasteiger partial charge is 0.303 e. The van der Waals surface area contributed by atoms with Gasteiger partial charge in [0.2, 0.25) is 0 Å². The minimum absolute atomic E-state index is 0.901. The molecule has 1 rings (SSSR count). The van der Waals surface area contributed by atoms with Crippen LogP contribution >= 0.6 is 0 Å². The maximum atomic E-state index is 2.71. The molecule has 16 heavy (non-hydrogen) atoms. The zero-order valence-corrected chi connectivity index (χ0v) is 11.7. The van der Waals surface area contributed by atoms with Gasteiger partial charge in [0.05, 0.1) is 0 Å². The van der Waals surface area contributed by atoms with Gasteiger partial charge in [-0.3, -0.25) is 0 Å². The standard InChI is InChI=1S/C15H31N/c1-4-5-6-7-8-11-16-12-9-10-14(2)15(3)13-16/h14-15H,4-13H2,1-3H3. The second-order valence-corrected chi connectivity index (χ2v) is 5.81. The fraction of sp³-hybridized carbons (Fsp3) is 1.00. The van der Waals surface area contributed by atoms with Gasteiger partial charge in [-0.15, -0.1) is 0 Å². The molecule has 0 radical (unpaired) electrons. The number of hydrogen-bond acceptors (Lipinski definition) is 1. The quantitative estimate of drug-likeness (QED) is 0.608. The molecule has 1 aliphatic rings. The van der Waals surface area contributed by atoms with Gasteiger partial charge in [0.15, 0.2) is 0 Å². The van der Waals surface area contributed by atoms with E-state index in [1.165, 1.54) is 64.6 Å². The van der Waals surface area contributed by atoms with Gasteiger partial charge < -0.3 is 4.90 Å². The van der Waals surface area contributed by atoms with Crippen LogP contribution in [0.5, 0.6) is 0 Å². The Morgan fingerprint density at radius 2 is 1.75 bits per heavy atom. The lowest BCUT2D eigenvalue weighted by atomic mass is 9.93. The molecule has 0 spiro atoms. The first-order chi connectivity index (χ1) is 7.74. The first-order valence-corrected chi connectivity index (χ1v) is 7.46. The summed E-state index contributed by atoms with van der Waals surface area (Å²) < 4.78 is 0. The third-order valence-electron chi connectivity index (χ3n) is 4.23. The number of hydrogen-bond donors (Lipinski definition) is 0. The topological polar surface area (TPSA) is 3.24 Å². The first-order valence-electron chi connectivity index (χ1n) is 7.46. The van der Waals surface area contributed by atoms with E-state index in [2.05, 4.69) is 25.7 Å². The van der Waals surface area contributed by atoms with Gasteiger partial charge in [0, 0.05) is 6.54 Å². The Bertz CT molecular complexity index is 167. The van der Waals surface area contributed by atoms with Crippen LogP contribution in [0.2, 0.25) is 0 Å². The van der Waals surface area contributed by atoms with Crippen molar-refractivity contribution in [3.63, 3.8) is 0 Å². The lowest BCUT2D eigenvalue weighted by Crippen LogP contribution is -2.29. The molecule has 1 fully saturated rings. The Hall–Kier alpha value is -0.0400. The Balaban J connectivity index is 2.11. The second-order valence-electron chi connectivity index (χ2n) is 5.81. The van der Waals surface area contributed by atoms with Gasteiger partial charge in [-0.05, 0) is 44.2 Å². The molecule has 96 valence electrons. The van der Waals surface area contributed by atoms with Crippen molar-refractivity contribution >= 4 is 0 Å². The van der Waals surface area contributed by atoms with Crippen LogP contribution in [-0.2, 0) is 0 Å². The Morgan fingerprint density at radius 3 is 2.50 bits per heavy atom. The fourth-order valence-corrected chi connectivity index (χ4v) is 2.74. The lowest BCUT2D eigenvalue weighted by Gasteiger charge is -2.23. The maximum Gasteiger partial charge on any atom is 0.000956 e. The molecule has 1 saturated heterocycles. The van der Waals surface area contributed by atoms with Crippen molar-refractivity contribution in [2.75, 3.05) is 19.6 Å². The van der Waals surface area contributed by atoms with Gasteiger partial charge in [0.1, 0.15) is 0 Å². The van der Waals surface area contributed by atoms with E-state index in [1.54, 1.807) is 0 Å². The van der Waals surface area contributed by atoms with Crippen LogP contribution in [0.15, 0.2) is 0 Å². The van der Waals surface area contributed by atoms with E-state index in [0.29, 0.717) is 0 Å². The predicted molar refractivity (Wildman–Crippen MR) is 72.8 cm³/mol. The minimum atomic E-state index is 0.901. The highest BCUT2D eigenvalue weighted by Crippen LogP contribution is 2.22. The molecule has 1 nitrogen and oxygen atoms in total. The fourth-order valence-electron chi connectivity index (χ4n) is 2.74. The summed E-state index contributed by atoms with van der Waals surface area (Å²) in [5, 5.41) is 0. The Morgan fingerprint density at radius 1 is 1.00 bits per heavy atom. The highest BCUT2D eigenvalue weighted by atomic mass is 15.1. The average Bonchev–Trinajstić information content (AvgIpc) is 2.42. The Labute approximate surface area is 103 Å². The van der Waals surface area contributed by atoms with Crippen LogP contribution in [0.3, 0.4) is 0 Å². The molecule has 0 aromatic rings. The zero-order valence-electron chi connectivity index (χ0n) is 11.7. The van der Waals surface area contributed by atoms with Gasteiger partial charge in [-0.1, -0.05) is 46.5 Å². The number of rotatable bonds is 6. The van der Waals surface area contributed by atoms with E-state index in [9.17, 15) is 0 Å². The third kappa shape index (κ3) is 5.34. The predicted octanol–water partition coefficient (Wildman–Crippen LogP) is 4.32. The van der Waals surface area contributed by atoms with Crippen LogP contribution in [0, 0.1) is 11.8 Å². The van der Waals surface area contributed by atoms with E-state index in [-0.39, 0.29) is 0 Å². The molecule has 0 bridgehead atoms. The zero-order chi connectivity index (χ0) is 11.8.